The molecule has 0 aliphatic rings. The van der Waals surface area contributed by atoms with Gasteiger partial charge in [0.2, 0.25) is 11.7 Å². The van der Waals surface area contributed by atoms with E-state index in [0.717, 1.165) is 16.8 Å². The minimum Gasteiger partial charge on any atom is -0.436 e. The Kier molecular flexibility index (Phi) is 3.65. The summed E-state index contributed by atoms with van der Waals surface area (Å²) in [6, 6.07) is 17.2. The molecule has 120 valence electrons. The zero-order valence-corrected chi connectivity index (χ0v) is 12.8. The van der Waals surface area contributed by atoms with Crippen molar-refractivity contribution in [1.82, 2.24) is 25.6 Å². The highest BCUT2D eigenvalue weighted by Crippen LogP contribution is 2.26. The molecule has 25 heavy (non-hydrogen) atoms. The van der Waals surface area contributed by atoms with Crippen LogP contribution in [-0.4, -0.2) is 25.6 Å². The highest BCUT2D eigenvalue weighted by atomic mass is 16.3. The summed E-state index contributed by atoms with van der Waals surface area (Å²) in [6.45, 7) is 0. The molecule has 4 aromatic rings. The Morgan fingerprint density at radius 3 is 2.84 bits per heavy atom. The zero-order valence-electron chi connectivity index (χ0n) is 12.8. The lowest BCUT2D eigenvalue weighted by Gasteiger charge is -2.00. The molecule has 0 amide bonds. The fourth-order valence-corrected chi connectivity index (χ4v) is 2.30. The molecular formula is C17H11N7O. The Bertz CT molecular complexity index is 1080. The molecule has 2 heterocycles. The van der Waals surface area contributed by atoms with Crippen molar-refractivity contribution in [2.45, 2.75) is 0 Å². The number of aromatic nitrogens is 5. The predicted octanol–water partition coefficient (Wildman–Crippen LogP) is 2.98. The monoisotopic (exact) mass is 329 g/mol. The molecule has 8 nitrogen and oxygen atoms in total. The molecule has 0 saturated heterocycles. The van der Waals surface area contributed by atoms with Gasteiger partial charge < -0.3 is 9.73 Å². The molecule has 2 aromatic carbocycles. The third-order valence-electron chi connectivity index (χ3n) is 3.50. The Morgan fingerprint density at radius 2 is 2.08 bits per heavy atom. The maximum atomic E-state index is 9.17. The molecule has 0 aliphatic carbocycles. The first-order chi connectivity index (χ1) is 12.3. The first-order valence-electron chi connectivity index (χ1n) is 7.40. The Balaban J connectivity index is 1.62. The molecule has 0 aliphatic heterocycles. The molecular weight excluding hydrogens is 318 g/mol. The van der Waals surface area contributed by atoms with E-state index in [1.807, 2.05) is 54.6 Å². The number of nitrogens with one attached hydrogen (secondary N) is 2. The van der Waals surface area contributed by atoms with Crippen LogP contribution in [-0.2, 0) is 0 Å². The number of benzene rings is 2. The molecule has 0 spiro atoms. The second kappa shape index (κ2) is 6.25. The van der Waals surface area contributed by atoms with E-state index in [-0.39, 0.29) is 11.4 Å². The van der Waals surface area contributed by atoms with Gasteiger partial charge in [0.1, 0.15) is 17.2 Å². The van der Waals surface area contributed by atoms with Crippen LogP contribution in [0.4, 0.5) is 5.69 Å². The summed E-state index contributed by atoms with van der Waals surface area (Å²) >= 11 is 0. The van der Waals surface area contributed by atoms with Crippen molar-refractivity contribution in [2.24, 2.45) is 0 Å². The van der Waals surface area contributed by atoms with Gasteiger partial charge >= 0.3 is 0 Å². The zero-order chi connectivity index (χ0) is 17.1. The molecule has 2 aromatic heterocycles. The van der Waals surface area contributed by atoms with Crippen LogP contribution in [0.3, 0.4) is 0 Å². The highest BCUT2D eigenvalue weighted by molar-refractivity contribution is 5.81. The van der Waals surface area contributed by atoms with Crippen LogP contribution in [0.5, 0.6) is 0 Å². The van der Waals surface area contributed by atoms with Gasteiger partial charge in [0.25, 0.3) is 0 Å². The lowest BCUT2D eigenvalue weighted by molar-refractivity contribution is 0.620. The van der Waals surface area contributed by atoms with Gasteiger partial charge in [-0.25, -0.2) is 4.98 Å². The van der Waals surface area contributed by atoms with Gasteiger partial charge in [0.05, 0.1) is 0 Å². The summed E-state index contributed by atoms with van der Waals surface area (Å²) in [6.07, 6.45) is 1.51. The number of nitriles is 1. The maximum Gasteiger partial charge on any atom is 0.227 e. The fourth-order valence-electron chi connectivity index (χ4n) is 2.30. The van der Waals surface area contributed by atoms with E-state index < -0.39 is 0 Å². The number of fused-ring (bicyclic) bond motifs is 1. The van der Waals surface area contributed by atoms with Crippen molar-refractivity contribution in [1.29, 1.82) is 5.26 Å². The van der Waals surface area contributed by atoms with Crippen molar-refractivity contribution in [3.63, 3.8) is 0 Å². The van der Waals surface area contributed by atoms with Crippen LogP contribution >= 0.6 is 0 Å². The number of nitrogens with zero attached hydrogens (tertiary/aromatic N) is 5. The number of anilines is 1. The van der Waals surface area contributed by atoms with E-state index in [9.17, 15) is 0 Å². The third kappa shape index (κ3) is 2.94. The number of tetrazole rings is 1. The molecule has 8 heteroatoms. The summed E-state index contributed by atoms with van der Waals surface area (Å²) in [5.74, 6) is 0.787. The lowest BCUT2D eigenvalue weighted by atomic mass is 10.2. The molecule has 2 N–H and O–H groups in total. The topological polar surface area (TPSA) is 116 Å². The van der Waals surface area contributed by atoms with Gasteiger partial charge in [-0.15, -0.1) is 10.2 Å². The summed E-state index contributed by atoms with van der Waals surface area (Å²) in [7, 11) is 0. The summed E-state index contributed by atoms with van der Waals surface area (Å²) < 4.78 is 5.82. The summed E-state index contributed by atoms with van der Waals surface area (Å²) in [5, 5.41) is 25.5. The average molecular weight is 329 g/mol. The Hall–Kier alpha value is -3.99. The molecule has 0 fully saturated rings. The van der Waals surface area contributed by atoms with Crippen LogP contribution < -0.4 is 5.32 Å². The minimum absolute atomic E-state index is 0.224. The molecule has 0 saturated carbocycles. The van der Waals surface area contributed by atoms with Gasteiger partial charge in [-0.1, -0.05) is 18.2 Å². The highest BCUT2D eigenvalue weighted by Gasteiger charge is 2.09. The van der Waals surface area contributed by atoms with Crippen molar-refractivity contribution in [3.05, 3.63) is 60.6 Å². The van der Waals surface area contributed by atoms with E-state index in [1.54, 1.807) is 0 Å². The van der Waals surface area contributed by atoms with Gasteiger partial charge in [0, 0.05) is 23.5 Å². The average Bonchev–Trinajstić information content (AvgIpc) is 3.32. The van der Waals surface area contributed by atoms with E-state index in [4.69, 9.17) is 9.68 Å². The standard InChI is InChI=1S/C17H11N7O/c18-9-12(16-21-23-24-22-16)10-19-13-6-7-14-15(8-13)25-17(20-14)11-4-2-1-3-5-11/h1-8,10,19H,(H,21,22,23,24). The van der Waals surface area contributed by atoms with Crippen molar-refractivity contribution >= 4 is 22.4 Å². The smallest absolute Gasteiger partial charge is 0.227 e. The van der Waals surface area contributed by atoms with Crippen LogP contribution in [0, 0.1) is 11.3 Å². The van der Waals surface area contributed by atoms with Crippen molar-refractivity contribution < 1.29 is 4.42 Å². The number of allylic oxidation sites excluding steroid dienone is 1. The Morgan fingerprint density at radius 1 is 1.20 bits per heavy atom. The van der Waals surface area contributed by atoms with Gasteiger partial charge in [0.15, 0.2) is 5.58 Å². The summed E-state index contributed by atoms with van der Waals surface area (Å²) in [5.41, 5.74) is 3.33. The first kappa shape index (κ1) is 14.6. The van der Waals surface area contributed by atoms with Crippen LogP contribution in [0.25, 0.3) is 28.1 Å². The maximum absolute atomic E-state index is 9.17. The van der Waals surface area contributed by atoms with Crippen molar-refractivity contribution in [3.8, 4) is 17.5 Å². The van der Waals surface area contributed by atoms with Gasteiger partial charge in [-0.05, 0) is 29.5 Å². The normalized spacial score (nSPS) is 11.4. The second-order valence-corrected chi connectivity index (χ2v) is 5.12. The predicted molar refractivity (Wildman–Crippen MR) is 90.8 cm³/mol. The molecule has 0 atom stereocenters. The largest absolute Gasteiger partial charge is 0.436 e. The molecule has 4 rings (SSSR count). The van der Waals surface area contributed by atoms with E-state index in [1.165, 1.54) is 6.20 Å². The summed E-state index contributed by atoms with van der Waals surface area (Å²) in [4.78, 5) is 4.48. The van der Waals surface area contributed by atoms with E-state index in [2.05, 4.69) is 30.9 Å². The van der Waals surface area contributed by atoms with Crippen LogP contribution in [0.1, 0.15) is 5.82 Å². The number of oxazole rings is 1. The molecule has 0 radical (unpaired) electrons. The fraction of sp³-hybridized carbons (Fsp3) is 0. The minimum atomic E-state index is 0.224. The van der Waals surface area contributed by atoms with Crippen molar-refractivity contribution in [2.75, 3.05) is 5.32 Å². The number of hydrogen-bond acceptors (Lipinski definition) is 7. The lowest BCUT2D eigenvalue weighted by Crippen LogP contribution is -1.92. The van der Waals surface area contributed by atoms with E-state index in [0.29, 0.717) is 11.5 Å². The molecule has 0 unspecified atom stereocenters. The number of hydrogen-bond donors (Lipinski definition) is 2. The number of rotatable bonds is 4. The number of aromatic amines is 1. The first-order valence-corrected chi connectivity index (χ1v) is 7.40. The van der Waals surface area contributed by atoms with E-state index >= 15 is 0 Å². The molecule has 0 bridgehead atoms. The van der Waals surface area contributed by atoms with Gasteiger partial charge in [-0.2, -0.15) is 10.5 Å². The number of H-pyrrole nitrogens is 1. The third-order valence-corrected chi connectivity index (χ3v) is 3.50. The second-order valence-electron chi connectivity index (χ2n) is 5.12. The van der Waals surface area contributed by atoms with Crippen LogP contribution in [0.15, 0.2) is 59.1 Å². The SMILES string of the molecule is N#CC(=CNc1ccc2nc(-c3ccccc3)oc2c1)c1nn[nH]n1. The quantitative estimate of drug-likeness (QED) is 0.553. The van der Waals surface area contributed by atoms with Crippen LogP contribution in [0.2, 0.25) is 0 Å². The Labute approximate surface area is 141 Å². The van der Waals surface area contributed by atoms with Gasteiger partial charge in [-0.3, -0.25) is 0 Å².